The van der Waals surface area contributed by atoms with E-state index in [2.05, 4.69) is 37.1 Å². The van der Waals surface area contributed by atoms with E-state index in [1.807, 2.05) is 18.2 Å². The van der Waals surface area contributed by atoms with Crippen LogP contribution in [-0.2, 0) is 6.54 Å². The standard InChI is InChI=1S/C16H29N3/c1-4-19(5-2)12-8-9-14(3)18-13-15-10-6-7-11-16(15)17/h6-7,10-11,14,18H,4-5,8-9,12-13,17H2,1-3H3. The highest BCUT2D eigenvalue weighted by Crippen LogP contribution is 2.10. The molecule has 0 radical (unpaired) electrons. The number of para-hydroxylation sites is 1. The lowest BCUT2D eigenvalue weighted by molar-refractivity contribution is 0.290. The maximum atomic E-state index is 5.94. The van der Waals surface area contributed by atoms with E-state index in [4.69, 9.17) is 5.73 Å². The van der Waals surface area contributed by atoms with Gasteiger partial charge in [0.15, 0.2) is 0 Å². The maximum Gasteiger partial charge on any atom is 0.0359 e. The molecule has 0 aromatic heterocycles. The molecule has 0 saturated carbocycles. The van der Waals surface area contributed by atoms with Crippen molar-refractivity contribution in [3.63, 3.8) is 0 Å². The monoisotopic (exact) mass is 263 g/mol. The van der Waals surface area contributed by atoms with E-state index >= 15 is 0 Å². The van der Waals surface area contributed by atoms with E-state index in [0.717, 1.165) is 25.3 Å². The van der Waals surface area contributed by atoms with E-state index in [0.29, 0.717) is 6.04 Å². The average molecular weight is 263 g/mol. The number of hydrogen-bond acceptors (Lipinski definition) is 3. The molecule has 0 amide bonds. The molecule has 1 rings (SSSR count). The fourth-order valence-corrected chi connectivity index (χ4v) is 2.24. The van der Waals surface area contributed by atoms with Gasteiger partial charge >= 0.3 is 0 Å². The van der Waals surface area contributed by atoms with Crippen molar-refractivity contribution >= 4 is 5.69 Å². The highest BCUT2D eigenvalue weighted by Gasteiger charge is 2.05. The second-order valence-corrected chi connectivity index (χ2v) is 5.15. The predicted molar refractivity (Wildman–Crippen MR) is 84.2 cm³/mol. The molecule has 0 bridgehead atoms. The van der Waals surface area contributed by atoms with Crippen molar-refractivity contribution in [3.05, 3.63) is 29.8 Å². The summed E-state index contributed by atoms with van der Waals surface area (Å²) >= 11 is 0. The molecular weight excluding hydrogens is 234 g/mol. The summed E-state index contributed by atoms with van der Waals surface area (Å²) in [7, 11) is 0. The summed E-state index contributed by atoms with van der Waals surface area (Å²) in [6.45, 7) is 11.1. The zero-order valence-electron chi connectivity index (χ0n) is 12.7. The van der Waals surface area contributed by atoms with Gasteiger partial charge in [0, 0.05) is 18.3 Å². The van der Waals surface area contributed by atoms with Crippen LogP contribution in [0.2, 0.25) is 0 Å². The molecule has 0 aliphatic carbocycles. The lowest BCUT2D eigenvalue weighted by Crippen LogP contribution is -2.29. The van der Waals surface area contributed by atoms with E-state index in [1.165, 1.54) is 24.9 Å². The second kappa shape index (κ2) is 8.94. The molecule has 0 spiro atoms. The first-order valence-electron chi connectivity index (χ1n) is 7.46. The second-order valence-electron chi connectivity index (χ2n) is 5.15. The first-order chi connectivity index (χ1) is 9.17. The van der Waals surface area contributed by atoms with Gasteiger partial charge in [-0.2, -0.15) is 0 Å². The number of anilines is 1. The third kappa shape index (κ3) is 6.08. The smallest absolute Gasteiger partial charge is 0.0359 e. The minimum Gasteiger partial charge on any atom is -0.398 e. The highest BCUT2D eigenvalue weighted by molar-refractivity contribution is 5.46. The van der Waals surface area contributed by atoms with Gasteiger partial charge in [-0.3, -0.25) is 0 Å². The Kier molecular flexibility index (Phi) is 7.53. The Balaban J connectivity index is 2.21. The molecule has 0 fully saturated rings. The quantitative estimate of drug-likeness (QED) is 0.673. The van der Waals surface area contributed by atoms with Gasteiger partial charge < -0.3 is 16.0 Å². The lowest BCUT2D eigenvalue weighted by atomic mass is 10.1. The highest BCUT2D eigenvalue weighted by atomic mass is 15.1. The zero-order chi connectivity index (χ0) is 14.1. The van der Waals surface area contributed by atoms with Gasteiger partial charge in [-0.05, 0) is 51.0 Å². The fourth-order valence-electron chi connectivity index (χ4n) is 2.24. The normalized spacial score (nSPS) is 12.8. The van der Waals surface area contributed by atoms with Gasteiger partial charge in [0.1, 0.15) is 0 Å². The van der Waals surface area contributed by atoms with Crippen LogP contribution in [0.25, 0.3) is 0 Å². The van der Waals surface area contributed by atoms with Gasteiger partial charge in [-0.1, -0.05) is 32.0 Å². The van der Waals surface area contributed by atoms with Crippen LogP contribution in [0.15, 0.2) is 24.3 Å². The summed E-state index contributed by atoms with van der Waals surface area (Å²) in [4.78, 5) is 2.47. The molecule has 3 heteroatoms. The molecule has 1 aromatic carbocycles. The van der Waals surface area contributed by atoms with E-state index in [1.54, 1.807) is 0 Å². The zero-order valence-corrected chi connectivity index (χ0v) is 12.7. The van der Waals surface area contributed by atoms with Crippen molar-refractivity contribution in [2.75, 3.05) is 25.4 Å². The molecule has 3 nitrogen and oxygen atoms in total. The number of nitrogens with zero attached hydrogens (tertiary/aromatic N) is 1. The van der Waals surface area contributed by atoms with Crippen LogP contribution in [0.4, 0.5) is 5.69 Å². The molecule has 3 N–H and O–H groups in total. The molecule has 1 aromatic rings. The lowest BCUT2D eigenvalue weighted by Gasteiger charge is -2.20. The molecule has 19 heavy (non-hydrogen) atoms. The number of hydrogen-bond donors (Lipinski definition) is 2. The third-order valence-electron chi connectivity index (χ3n) is 3.70. The van der Waals surface area contributed by atoms with Gasteiger partial charge in [0.2, 0.25) is 0 Å². The number of nitrogens with two attached hydrogens (primary N) is 1. The summed E-state index contributed by atoms with van der Waals surface area (Å²) < 4.78 is 0. The maximum absolute atomic E-state index is 5.94. The molecular formula is C16H29N3. The van der Waals surface area contributed by atoms with Crippen LogP contribution >= 0.6 is 0 Å². The van der Waals surface area contributed by atoms with Crippen LogP contribution < -0.4 is 11.1 Å². The third-order valence-corrected chi connectivity index (χ3v) is 3.70. The van der Waals surface area contributed by atoms with Gasteiger partial charge in [-0.15, -0.1) is 0 Å². The number of rotatable bonds is 9. The van der Waals surface area contributed by atoms with Crippen molar-refractivity contribution in [2.24, 2.45) is 0 Å². The minimum absolute atomic E-state index is 0.537. The van der Waals surface area contributed by atoms with Crippen LogP contribution in [0.5, 0.6) is 0 Å². The van der Waals surface area contributed by atoms with Gasteiger partial charge in [0.25, 0.3) is 0 Å². The van der Waals surface area contributed by atoms with Crippen molar-refractivity contribution < 1.29 is 0 Å². The van der Waals surface area contributed by atoms with E-state index in [9.17, 15) is 0 Å². The SMILES string of the molecule is CCN(CC)CCCC(C)NCc1ccccc1N. The van der Waals surface area contributed by atoms with E-state index in [-0.39, 0.29) is 0 Å². The topological polar surface area (TPSA) is 41.3 Å². The van der Waals surface area contributed by atoms with Crippen molar-refractivity contribution in [1.82, 2.24) is 10.2 Å². The Morgan fingerprint density at radius 3 is 2.53 bits per heavy atom. The average Bonchev–Trinajstić information content (AvgIpc) is 2.43. The molecule has 1 unspecified atom stereocenters. The van der Waals surface area contributed by atoms with Crippen molar-refractivity contribution in [2.45, 2.75) is 46.2 Å². The summed E-state index contributed by atoms with van der Waals surface area (Å²) in [5.41, 5.74) is 8.01. The molecule has 0 aliphatic heterocycles. The molecule has 1 atom stereocenters. The summed E-state index contributed by atoms with van der Waals surface area (Å²) in [6.07, 6.45) is 2.46. The Morgan fingerprint density at radius 2 is 1.89 bits per heavy atom. The van der Waals surface area contributed by atoms with Gasteiger partial charge in [0.05, 0.1) is 0 Å². The number of nitrogen functional groups attached to an aromatic ring is 1. The largest absolute Gasteiger partial charge is 0.398 e. The van der Waals surface area contributed by atoms with Crippen LogP contribution in [0.1, 0.15) is 39.2 Å². The fraction of sp³-hybridized carbons (Fsp3) is 0.625. The molecule has 0 heterocycles. The van der Waals surface area contributed by atoms with Crippen LogP contribution in [0, 0.1) is 0 Å². The van der Waals surface area contributed by atoms with Crippen molar-refractivity contribution in [1.29, 1.82) is 0 Å². The number of benzene rings is 1. The minimum atomic E-state index is 0.537. The van der Waals surface area contributed by atoms with E-state index < -0.39 is 0 Å². The molecule has 108 valence electrons. The molecule has 0 aliphatic rings. The predicted octanol–water partition coefficient (Wildman–Crippen LogP) is 2.87. The summed E-state index contributed by atoms with van der Waals surface area (Å²) in [6, 6.07) is 8.60. The molecule has 0 saturated heterocycles. The Morgan fingerprint density at radius 1 is 1.21 bits per heavy atom. The Bertz CT molecular complexity index is 348. The Hall–Kier alpha value is -1.06. The van der Waals surface area contributed by atoms with Gasteiger partial charge in [-0.25, -0.2) is 0 Å². The van der Waals surface area contributed by atoms with Crippen LogP contribution in [-0.4, -0.2) is 30.6 Å². The first-order valence-corrected chi connectivity index (χ1v) is 7.46. The van der Waals surface area contributed by atoms with Crippen LogP contribution in [0.3, 0.4) is 0 Å². The van der Waals surface area contributed by atoms with Crippen molar-refractivity contribution in [3.8, 4) is 0 Å². The number of nitrogens with one attached hydrogen (secondary N) is 1. The Labute approximate surface area is 118 Å². The summed E-state index contributed by atoms with van der Waals surface area (Å²) in [5, 5.41) is 3.55. The summed E-state index contributed by atoms with van der Waals surface area (Å²) in [5.74, 6) is 0. The first kappa shape index (κ1) is 16.0.